The fraction of sp³-hybridized carbons (Fsp3) is 0.643. The number of nitrogens with one attached hydrogen (secondary N) is 2. The summed E-state index contributed by atoms with van der Waals surface area (Å²) in [7, 11) is 0. The molecule has 0 bridgehead atoms. The SMILES string of the molecule is CSCC[C@H](N)C(=O)N[C@@H](CC(N)=O)C(=O)N[C@@H](CCC(=O)O)C(=O)O. The Hall–Kier alpha value is -2.34. The number of aliphatic carboxylic acids is 2. The van der Waals surface area contributed by atoms with Gasteiger partial charge in [-0.15, -0.1) is 0 Å². The van der Waals surface area contributed by atoms with E-state index in [0.29, 0.717) is 12.2 Å². The van der Waals surface area contributed by atoms with Gasteiger partial charge in [-0.25, -0.2) is 4.79 Å². The monoisotopic (exact) mass is 392 g/mol. The Morgan fingerprint density at radius 2 is 1.58 bits per heavy atom. The van der Waals surface area contributed by atoms with Crippen molar-refractivity contribution < 1.29 is 34.2 Å². The Morgan fingerprint density at radius 1 is 1.00 bits per heavy atom. The van der Waals surface area contributed by atoms with Gasteiger partial charge in [-0.2, -0.15) is 11.8 Å². The lowest BCUT2D eigenvalue weighted by Gasteiger charge is -2.22. The number of carboxylic acid groups (broad SMARTS) is 2. The summed E-state index contributed by atoms with van der Waals surface area (Å²) >= 11 is 1.48. The summed E-state index contributed by atoms with van der Waals surface area (Å²) in [6.45, 7) is 0. The van der Waals surface area contributed by atoms with Crippen LogP contribution in [0.15, 0.2) is 0 Å². The summed E-state index contributed by atoms with van der Waals surface area (Å²) < 4.78 is 0. The standard InChI is InChI=1S/C14H24N4O7S/c1-26-5-4-7(15)12(22)18-9(6-10(16)19)13(23)17-8(14(24)25)2-3-11(20)21/h7-9H,2-6,15H2,1H3,(H2,16,19)(H,17,23)(H,18,22)(H,20,21)(H,24,25)/t7-,8-,9-/m0/s1. The maximum absolute atomic E-state index is 12.2. The second-order valence-corrected chi connectivity index (χ2v) is 6.44. The summed E-state index contributed by atoms with van der Waals surface area (Å²) in [6.07, 6.45) is 0.772. The molecule has 11 nitrogen and oxygen atoms in total. The average Bonchev–Trinajstić information content (AvgIpc) is 2.54. The Balaban J connectivity index is 5.00. The molecule has 8 N–H and O–H groups in total. The van der Waals surface area contributed by atoms with Gasteiger partial charge in [-0.1, -0.05) is 0 Å². The van der Waals surface area contributed by atoms with Crippen molar-refractivity contribution in [2.75, 3.05) is 12.0 Å². The predicted octanol–water partition coefficient (Wildman–Crippen LogP) is -2.14. The van der Waals surface area contributed by atoms with Gasteiger partial charge < -0.3 is 32.3 Å². The lowest BCUT2D eigenvalue weighted by atomic mass is 10.1. The first kappa shape index (κ1) is 23.7. The normalized spacial score (nSPS) is 13.9. The van der Waals surface area contributed by atoms with Crippen LogP contribution in [0.25, 0.3) is 0 Å². The minimum absolute atomic E-state index is 0.342. The van der Waals surface area contributed by atoms with Crippen LogP contribution >= 0.6 is 11.8 Å². The third-order valence-electron chi connectivity index (χ3n) is 3.27. The van der Waals surface area contributed by atoms with Crippen molar-refractivity contribution in [1.29, 1.82) is 0 Å². The Morgan fingerprint density at radius 3 is 2.04 bits per heavy atom. The third kappa shape index (κ3) is 9.84. The lowest BCUT2D eigenvalue weighted by Crippen LogP contribution is -2.55. The van der Waals surface area contributed by atoms with E-state index >= 15 is 0 Å². The van der Waals surface area contributed by atoms with Crippen molar-refractivity contribution in [2.45, 2.75) is 43.8 Å². The number of carbonyl (C=O) groups is 5. The first-order chi connectivity index (χ1) is 12.1. The Labute approximate surface area is 154 Å². The molecular weight excluding hydrogens is 368 g/mol. The second kappa shape index (κ2) is 12.1. The molecule has 0 aromatic heterocycles. The van der Waals surface area contributed by atoms with Crippen molar-refractivity contribution in [3.8, 4) is 0 Å². The highest BCUT2D eigenvalue weighted by Gasteiger charge is 2.29. The van der Waals surface area contributed by atoms with Gasteiger partial charge in [0.05, 0.1) is 12.5 Å². The number of carbonyl (C=O) groups excluding carboxylic acids is 3. The fourth-order valence-corrected chi connectivity index (χ4v) is 2.35. The summed E-state index contributed by atoms with van der Waals surface area (Å²) in [5, 5.41) is 22.0. The minimum atomic E-state index is -1.49. The van der Waals surface area contributed by atoms with Crippen LogP contribution < -0.4 is 22.1 Å². The zero-order chi connectivity index (χ0) is 20.3. The van der Waals surface area contributed by atoms with E-state index in [1.54, 1.807) is 0 Å². The van der Waals surface area contributed by atoms with E-state index < -0.39 is 60.6 Å². The van der Waals surface area contributed by atoms with E-state index in [9.17, 15) is 24.0 Å². The number of primary amides is 1. The van der Waals surface area contributed by atoms with Gasteiger partial charge in [-0.05, 0) is 24.9 Å². The van der Waals surface area contributed by atoms with Gasteiger partial charge in [0.2, 0.25) is 17.7 Å². The number of nitrogens with two attached hydrogens (primary N) is 2. The fourth-order valence-electron chi connectivity index (χ4n) is 1.86. The highest BCUT2D eigenvalue weighted by Crippen LogP contribution is 2.03. The van der Waals surface area contributed by atoms with E-state index in [-0.39, 0.29) is 6.42 Å². The minimum Gasteiger partial charge on any atom is -0.481 e. The van der Waals surface area contributed by atoms with Crippen LogP contribution in [0.4, 0.5) is 0 Å². The first-order valence-electron chi connectivity index (χ1n) is 7.66. The molecule has 0 aromatic carbocycles. The molecule has 26 heavy (non-hydrogen) atoms. The number of hydrogen-bond donors (Lipinski definition) is 6. The molecule has 12 heteroatoms. The number of amides is 3. The van der Waals surface area contributed by atoms with Gasteiger partial charge in [0, 0.05) is 6.42 Å². The topological polar surface area (TPSA) is 202 Å². The van der Waals surface area contributed by atoms with E-state index in [4.69, 9.17) is 21.7 Å². The predicted molar refractivity (Wildman–Crippen MR) is 93.2 cm³/mol. The molecule has 3 atom stereocenters. The quantitative estimate of drug-likeness (QED) is 0.202. The Kier molecular flexibility index (Phi) is 11.0. The van der Waals surface area contributed by atoms with Crippen LogP contribution in [0.5, 0.6) is 0 Å². The van der Waals surface area contributed by atoms with Crippen LogP contribution in [0.1, 0.15) is 25.7 Å². The molecule has 0 unspecified atom stereocenters. The molecule has 0 saturated heterocycles. The molecular formula is C14H24N4O7S. The van der Waals surface area contributed by atoms with E-state index in [1.807, 2.05) is 6.26 Å². The molecule has 0 spiro atoms. The van der Waals surface area contributed by atoms with Crippen LogP contribution in [0.3, 0.4) is 0 Å². The maximum Gasteiger partial charge on any atom is 0.326 e. The molecule has 0 heterocycles. The molecule has 0 saturated carbocycles. The molecule has 0 aromatic rings. The summed E-state index contributed by atoms with van der Waals surface area (Å²) in [5.41, 5.74) is 10.7. The summed E-state index contributed by atoms with van der Waals surface area (Å²) in [4.78, 5) is 57.1. The largest absolute Gasteiger partial charge is 0.481 e. The third-order valence-corrected chi connectivity index (χ3v) is 3.91. The highest BCUT2D eigenvalue weighted by molar-refractivity contribution is 7.98. The summed E-state index contributed by atoms with van der Waals surface area (Å²) in [6, 6.07) is -3.81. The van der Waals surface area contributed by atoms with E-state index in [2.05, 4.69) is 10.6 Å². The first-order valence-corrected chi connectivity index (χ1v) is 9.06. The zero-order valence-electron chi connectivity index (χ0n) is 14.3. The molecule has 0 fully saturated rings. The Bertz CT molecular complexity index is 543. The zero-order valence-corrected chi connectivity index (χ0v) is 15.1. The lowest BCUT2D eigenvalue weighted by molar-refractivity contribution is -0.143. The van der Waals surface area contributed by atoms with Crippen molar-refractivity contribution in [1.82, 2.24) is 10.6 Å². The molecule has 3 amide bonds. The smallest absolute Gasteiger partial charge is 0.326 e. The average molecular weight is 392 g/mol. The molecule has 0 rings (SSSR count). The van der Waals surface area contributed by atoms with Crippen molar-refractivity contribution in [3.63, 3.8) is 0 Å². The van der Waals surface area contributed by atoms with Gasteiger partial charge in [0.15, 0.2) is 0 Å². The molecule has 0 aliphatic heterocycles. The van der Waals surface area contributed by atoms with Crippen LogP contribution in [0, 0.1) is 0 Å². The van der Waals surface area contributed by atoms with Gasteiger partial charge in [0.1, 0.15) is 12.1 Å². The number of carboxylic acids is 2. The van der Waals surface area contributed by atoms with Gasteiger partial charge in [-0.3, -0.25) is 19.2 Å². The van der Waals surface area contributed by atoms with Crippen LogP contribution in [0.2, 0.25) is 0 Å². The van der Waals surface area contributed by atoms with Crippen molar-refractivity contribution in [3.05, 3.63) is 0 Å². The molecule has 0 radical (unpaired) electrons. The second-order valence-electron chi connectivity index (χ2n) is 5.45. The van der Waals surface area contributed by atoms with Crippen molar-refractivity contribution in [2.24, 2.45) is 11.5 Å². The molecule has 148 valence electrons. The number of rotatable bonds is 13. The molecule has 0 aliphatic rings. The number of thioether (sulfide) groups is 1. The highest BCUT2D eigenvalue weighted by atomic mass is 32.2. The molecule has 0 aliphatic carbocycles. The van der Waals surface area contributed by atoms with Crippen LogP contribution in [-0.2, 0) is 24.0 Å². The van der Waals surface area contributed by atoms with Crippen LogP contribution in [-0.4, -0.2) is 70.0 Å². The maximum atomic E-state index is 12.2. The van der Waals surface area contributed by atoms with Crippen molar-refractivity contribution >= 4 is 41.4 Å². The summed E-state index contributed by atoms with van der Waals surface area (Å²) in [5.74, 6) is -4.60. The van der Waals surface area contributed by atoms with E-state index in [1.165, 1.54) is 11.8 Å². The van der Waals surface area contributed by atoms with Gasteiger partial charge in [0.25, 0.3) is 0 Å². The van der Waals surface area contributed by atoms with E-state index in [0.717, 1.165) is 0 Å². The van der Waals surface area contributed by atoms with Gasteiger partial charge >= 0.3 is 11.9 Å². The number of hydrogen-bond acceptors (Lipinski definition) is 7.